The number of amides is 2. The van der Waals surface area contributed by atoms with Crippen molar-refractivity contribution < 1.29 is 19.1 Å². The number of hydrogen-bond acceptors (Lipinski definition) is 5. The Hall–Kier alpha value is -2.67. The van der Waals surface area contributed by atoms with Crippen molar-refractivity contribution in [1.82, 2.24) is 0 Å². The fourth-order valence-electron chi connectivity index (χ4n) is 2.33. The Morgan fingerprint density at radius 3 is 2.75 bits per heavy atom. The molecular formula is C17H16N2O4S. The largest absolute Gasteiger partial charge is 0.497 e. The molecule has 0 bridgehead atoms. The van der Waals surface area contributed by atoms with Gasteiger partial charge in [-0.15, -0.1) is 11.8 Å². The van der Waals surface area contributed by atoms with Gasteiger partial charge in [-0.05, 0) is 30.3 Å². The number of methoxy groups -OCH3 is 2. The predicted molar refractivity (Wildman–Crippen MR) is 93.3 cm³/mol. The Morgan fingerprint density at radius 1 is 1.17 bits per heavy atom. The smallest absolute Gasteiger partial charge is 0.255 e. The van der Waals surface area contributed by atoms with Crippen molar-refractivity contribution >= 4 is 35.0 Å². The Kier molecular flexibility index (Phi) is 4.61. The molecule has 0 aliphatic carbocycles. The van der Waals surface area contributed by atoms with E-state index in [4.69, 9.17) is 9.47 Å². The van der Waals surface area contributed by atoms with Gasteiger partial charge in [0.05, 0.1) is 31.3 Å². The second kappa shape index (κ2) is 6.84. The average Bonchev–Trinajstić information content (AvgIpc) is 2.60. The SMILES string of the molecule is COc1ccc(OC)c(NC(=O)c2ccc3c(c2)NC(=O)CS3)c1. The van der Waals surface area contributed by atoms with Crippen molar-refractivity contribution in [3.05, 3.63) is 42.0 Å². The summed E-state index contributed by atoms with van der Waals surface area (Å²) in [5.74, 6) is 1.17. The third kappa shape index (κ3) is 3.30. The lowest BCUT2D eigenvalue weighted by molar-refractivity contribution is -0.113. The summed E-state index contributed by atoms with van der Waals surface area (Å²) < 4.78 is 10.4. The highest BCUT2D eigenvalue weighted by Gasteiger charge is 2.18. The molecule has 1 aliphatic heterocycles. The summed E-state index contributed by atoms with van der Waals surface area (Å²) in [6, 6.07) is 10.4. The zero-order chi connectivity index (χ0) is 17.1. The number of benzene rings is 2. The number of carbonyl (C=O) groups is 2. The number of anilines is 2. The molecule has 0 aromatic heterocycles. The van der Waals surface area contributed by atoms with Crippen LogP contribution in [0.2, 0.25) is 0 Å². The van der Waals surface area contributed by atoms with E-state index in [0.717, 1.165) is 4.90 Å². The first-order valence-corrected chi connectivity index (χ1v) is 8.19. The first-order valence-electron chi connectivity index (χ1n) is 7.21. The van der Waals surface area contributed by atoms with E-state index < -0.39 is 0 Å². The van der Waals surface area contributed by atoms with Gasteiger partial charge in [0.25, 0.3) is 5.91 Å². The van der Waals surface area contributed by atoms with Gasteiger partial charge in [0, 0.05) is 16.5 Å². The molecule has 0 spiro atoms. The highest BCUT2D eigenvalue weighted by molar-refractivity contribution is 8.00. The van der Waals surface area contributed by atoms with Gasteiger partial charge in [-0.1, -0.05) is 0 Å². The molecule has 1 heterocycles. The normalized spacial score (nSPS) is 12.8. The lowest BCUT2D eigenvalue weighted by atomic mass is 10.1. The van der Waals surface area contributed by atoms with Gasteiger partial charge in [-0.2, -0.15) is 0 Å². The third-order valence-corrected chi connectivity index (χ3v) is 4.60. The molecule has 124 valence electrons. The zero-order valence-corrected chi connectivity index (χ0v) is 14.0. The Balaban J connectivity index is 1.85. The number of rotatable bonds is 4. The van der Waals surface area contributed by atoms with Gasteiger partial charge in [0.15, 0.2) is 0 Å². The lowest BCUT2D eigenvalue weighted by Crippen LogP contribution is -2.20. The topological polar surface area (TPSA) is 76.7 Å². The summed E-state index contributed by atoms with van der Waals surface area (Å²) in [7, 11) is 3.08. The van der Waals surface area contributed by atoms with Crippen molar-refractivity contribution in [1.29, 1.82) is 0 Å². The molecule has 2 aromatic carbocycles. The van der Waals surface area contributed by atoms with Gasteiger partial charge in [-0.3, -0.25) is 9.59 Å². The fourth-order valence-corrected chi connectivity index (χ4v) is 3.12. The molecule has 0 fully saturated rings. The van der Waals surface area contributed by atoms with Crippen molar-refractivity contribution in [3.8, 4) is 11.5 Å². The first kappa shape index (κ1) is 16.2. The molecule has 0 saturated heterocycles. The van der Waals surface area contributed by atoms with Crippen LogP contribution in [0, 0.1) is 0 Å². The van der Waals surface area contributed by atoms with Crippen molar-refractivity contribution in [2.75, 3.05) is 30.6 Å². The van der Waals surface area contributed by atoms with Gasteiger partial charge in [-0.25, -0.2) is 0 Å². The maximum atomic E-state index is 12.5. The number of hydrogen-bond donors (Lipinski definition) is 2. The highest BCUT2D eigenvalue weighted by Crippen LogP contribution is 2.33. The van der Waals surface area contributed by atoms with Crippen LogP contribution in [0.4, 0.5) is 11.4 Å². The predicted octanol–water partition coefficient (Wildman–Crippen LogP) is 3.00. The summed E-state index contributed by atoms with van der Waals surface area (Å²) in [5, 5.41) is 5.58. The van der Waals surface area contributed by atoms with Gasteiger partial charge in [0.1, 0.15) is 11.5 Å². The average molecular weight is 344 g/mol. The van der Waals surface area contributed by atoms with Crippen LogP contribution in [0.5, 0.6) is 11.5 Å². The van der Waals surface area contributed by atoms with E-state index in [0.29, 0.717) is 34.2 Å². The molecule has 0 unspecified atom stereocenters. The van der Waals surface area contributed by atoms with Crippen LogP contribution in [-0.2, 0) is 4.79 Å². The van der Waals surface area contributed by atoms with Gasteiger partial charge in [0.2, 0.25) is 5.91 Å². The first-order chi connectivity index (χ1) is 11.6. The maximum absolute atomic E-state index is 12.5. The number of ether oxygens (including phenoxy) is 2. The molecular weight excluding hydrogens is 328 g/mol. The molecule has 0 saturated carbocycles. The van der Waals surface area contributed by atoms with Crippen LogP contribution in [0.1, 0.15) is 10.4 Å². The van der Waals surface area contributed by atoms with Crippen LogP contribution in [0.3, 0.4) is 0 Å². The molecule has 0 radical (unpaired) electrons. The molecule has 24 heavy (non-hydrogen) atoms. The van der Waals surface area contributed by atoms with Crippen molar-refractivity contribution in [3.63, 3.8) is 0 Å². The van der Waals surface area contributed by atoms with Crippen molar-refractivity contribution in [2.45, 2.75) is 4.90 Å². The van der Waals surface area contributed by atoms with E-state index in [-0.39, 0.29) is 11.8 Å². The van der Waals surface area contributed by atoms with E-state index in [1.165, 1.54) is 18.9 Å². The Morgan fingerprint density at radius 2 is 2.00 bits per heavy atom. The van der Waals surface area contributed by atoms with Crippen LogP contribution in [0.15, 0.2) is 41.3 Å². The number of thioether (sulfide) groups is 1. The fraction of sp³-hybridized carbons (Fsp3) is 0.176. The molecule has 0 atom stereocenters. The minimum Gasteiger partial charge on any atom is -0.497 e. The Bertz CT molecular complexity index is 807. The second-order valence-electron chi connectivity index (χ2n) is 5.07. The van der Waals surface area contributed by atoms with Crippen LogP contribution in [-0.4, -0.2) is 31.8 Å². The molecule has 7 heteroatoms. The standard InChI is InChI=1S/C17H16N2O4S/c1-22-11-4-5-14(23-2)12(8-11)19-17(21)10-3-6-15-13(7-10)18-16(20)9-24-15/h3-8H,9H2,1-2H3,(H,18,20)(H,19,21). The summed E-state index contributed by atoms with van der Waals surface area (Å²) in [4.78, 5) is 25.0. The molecule has 1 aliphatic rings. The van der Waals surface area contributed by atoms with E-state index in [2.05, 4.69) is 10.6 Å². The van der Waals surface area contributed by atoms with Crippen LogP contribution >= 0.6 is 11.8 Å². The third-order valence-electron chi connectivity index (χ3n) is 3.53. The minimum atomic E-state index is -0.297. The molecule has 2 amide bonds. The molecule has 6 nitrogen and oxygen atoms in total. The minimum absolute atomic E-state index is 0.0699. The Labute approximate surface area is 143 Å². The van der Waals surface area contributed by atoms with E-state index in [1.54, 1.807) is 37.4 Å². The van der Waals surface area contributed by atoms with Crippen LogP contribution < -0.4 is 20.1 Å². The highest BCUT2D eigenvalue weighted by atomic mass is 32.2. The van der Waals surface area contributed by atoms with Crippen LogP contribution in [0.25, 0.3) is 0 Å². The summed E-state index contributed by atoms with van der Waals surface area (Å²) in [6.07, 6.45) is 0. The van der Waals surface area contributed by atoms with E-state index in [1.807, 2.05) is 6.07 Å². The zero-order valence-electron chi connectivity index (χ0n) is 13.2. The number of fused-ring (bicyclic) bond motifs is 1. The monoisotopic (exact) mass is 344 g/mol. The molecule has 2 N–H and O–H groups in total. The van der Waals surface area contributed by atoms with Crippen molar-refractivity contribution in [2.24, 2.45) is 0 Å². The van der Waals surface area contributed by atoms with E-state index >= 15 is 0 Å². The summed E-state index contributed by atoms with van der Waals surface area (Å²) in [6.45, 7) is 0. The van der Waals surface area contributed by atoms with Gasteiger partial charge < -0.3 is 20.1 Å². The molecule has 2 aromatic rings. The van der Waals surface area contributed by atoms with Gasteiger partial charge >= 0.3 is 0 Å². The quantitative estimate of drug-likeness (QED) is 0.892. The number of carbonyl (C=O) groups excluding carboxylic acids is 2. The maximum Gasteiger partial charge on any atom is 0.255 e. The summed E-state index contributed by atoms with van der Waals surface area (Å²) >= 11 is 1.45. The molecule has 3 rings (SSSR count). The second-order valence-corrected chi connectivity index (χ2v) is 6.09. The summed E-state index contributed by atoms with van der Waals surface area (Å²) in [5.41, 5.74) is 1.61. The number of nitrogens with one attached hydrogen (secondary N) is 2. The van der Waals surface area contributed by atoms with E-state index in [9.17, 15) is 9.59 Å². The lowest BCUT2D eigenvalue weighted by Gasteiger charge is -2.17.